The van der Waals surface area contributed by atoms with Crippen molar-refractivity contribution in [3.63, 3.8) is 0 Å². The van der Waals surface area contributed by atoms with Crippen LogP contribution in [0.3, 0.4) is 0 Å². The van der Waals surface area contributed by atoms with Crippen LogP contribution in [0.2, 0.25) is 0 Å². The third-order valence-electron chi connectivity index (χ3n) is 4.10. The summed E-state index contributed by atoms with van der Waals surface area (Å²) in [7, 11) is -2.78. The summed E-state index contributed by atoms with van der Waals surface area (Å²) >= 11 is 0. The number of carbonyl (C=O) groups is 2. The number of amides is 2. The minimum Gasteiger partial charge on any atom is -0.497 e. The zero-order valence-electron chi connectivity index (χ0n) is 16.5. The molecule has 11 nitrogen and oxygen atoms in total. The highest BCUT2D eigenvalue weighted by molar-refractivity contribution is 7.88. The van der Waals surface area contributed by atoms with Crippen LogP contribution in [-0.4, -0.2) is 58.7 Å². The fraction of sp³-hybridized carbons (Fsp3) is 0.412. The smallest absolute Gasteiger partial charge is 0.331 e. The van der Waals surface area contributed by atoms with E-state index in [1.54, 1.807) is 18.2 Å². The van der Waals surface area contributed by atoms with Gasteiger partial charge < -0.3 is 9.15 Å². The Balaban J connectivity index is 1.98. The Labute approximate surface area is 167 Å². The van der Waals surface area contributed by atoms with Crippen LogP contribution >= 0.6 is 0 Å². The first-order valence-corrected chi connectivity index (χ1v) is 10.2. The number of anilines is 1. The van der Waals surface area contributed by atoms with E-state index in [-0.39, 0.29) is 6.01 Å². The molecule has 0 radical (unpaired) electrons. The van der Waals surface area contributed by atoms with Crippen LogP contribution in [0.25, 0.3) is 11.1 Å². The molecule has 0 spiro atoms. The van der Waals surface area contributed by atoms with E-state index in [4.69, 9.17) is 9.15 Å². The third kappa shape index (κ3) is 3.50. The molecule has 2 amide bonds. The van der Waals surface area contributed by atoms with Gasteiger partial charge in [0.25, 0.3) is 11.8 Å². The second kappa shape index (κ2) is 7.35. The van der Waals surface area contributed by atoms with Crippen molar-refractivity contribution in [2.45, 2.75) is 39.8 Å². The number of hydrogen-bond donors (Lipinski definition) is 1. The number of oxazole rings is 1. The first-order valence-electron chi connectivity index (χ1n) is 8.78. The fourth-order valence-electron chi connectivity index (χ4n) is 2.89. The predicted molar refractivity (Wildman–Crippen MR) is 105 cm³/mol. The quantitative estimate of drug-likeness (QED) is 0.712. The molecule has 1 aliphatic heterocycles. The first-order chi connectivity index (χ1) is 13.6. The van der Waals surface area contributed by atoms with E-state index in [0.717, 1.165) is 0 Å². The number of fused-ring (bicyclic) bond motifs is 1. The Kier molecular flexibility index (Phi) is 5.22. The maximum Gasteiger partial charge on any atom is 0.331 e. The minimum absolute atomic E-state index is 0.0676. The van der Waals surface area contributed by atoms with Crippen LogP contribution in [0.15, 0.2) is 27.7 Å². The van der Waals surface area contributed by atoms with Crippen molar-refractivity contribution in [2.75, 3.05) is 12.5 Å². The van der Waals surface area contributed by atoms with Crippen LogP contribution in [0.1, 0.15) is 27.7 Å². The molecular weight excluding hydrogens is 402 g/mol. The molecule has 1 aromatic carbocycles. The standard InChI is InChI=1S/C17H21N5O6S/c1-9(2)21-15(23)14(16(24)22(10(3)4)29(21,25)26)19-20-17-18-12-8-11(27-5)6-7-13(12)28-17/h6-10H,1-5H3,(H,18,20). The molecule has 1 N–H and O–H groups in total. The number of aromatic nitrogens is 1. The normalized spacial score (nSPS) is 16.9. The molecule has 0 aliphatic carbocycles. The van der Waals surface area contributed by atoms with Crippen LogP contribution in [0, 0.1) is 0 Å². The summed E-state index contributed by atoms with van der Waals surface area (Å²) in [5, 5.41) is 3.82. The molecule has 1 aromatic heterocycles. The average Bonchev–Trinajstić information content (AvgIpc) is 3.01. The van der Waals surface area contributed by atoms with E-state index in [0.29, 0.717) is 25.5 Å². The molecule has 29 heavy (non-hydrogen) atoms. The second-order valence-corrected chi connectivity index (χ2v) is 8.50. The topological polar surface area (TPSA) is 134 Å². The molecule has 1 saturated heterocycles. The van der Waals surface area contributed by atoms with Crippen molar-refractivity contribution in [3.05, 3.63) is 18.2 Å². The fourth-order valence-corrected chi connectivity index (χ4v) is 4.74. The maximum atomic E-state index is 12.7. The van der Waals surface area contributed by atoms with Gasteiger partial charge in [-0.15, -0.1) is 0 Å². The van der Waals surface area contributed by atoms with Crippen LogP contribution in [-0.2, 0) is 19.8 Å². The molecule has 2 aromatic rings. The van der Waals surface area contributed by atoms with Gasteiger partial charge in [0.1, 0.15) is 11.3 Å². The summed E-state index contributed by atoms with van der Waals surface area (Å²) in [4.78, 5) is 29.6. The molecule has 0 atom stereocenters. The lowest BCUT2D eigenvalue weighted by molar-refractivity contribution is -0.128. The number of hydrazone groups is 1. The van der Waals surface area contributed by atoms with Gasteiger partial charge in [-0.05, 0) is 39.8 Å². The molecule has 156 valence electrons. The first kappa shape index (κ1) is 20.6. The van der Waals surface area contributed by atoms with E-state index < -0.39 is 39.8 Å². The number of nitrogens with zero attached hydrogens (tertiary/aromatic N) is 4. The molecule has 1 aliphatic rings. The Morgan fingerprint density at radius 3 is 2.21 bits per heavy atom. The van der Waals surface area contributed by atoms with Gasteiger partial charge in [-0.25, -0.2) is 14.0 Å². The van der Waals surface area contributed by atoms with Crippen LogP contribution in [0.5, 0.6) is 5.75 Å². The monoisotopic (exact) mass is 423 g/mol. The molecule has 2 heterocycles. The Hall–Kier alpha value is -3.15. The zero-order chi connectivity index (χ0) is 21.5. The minimum atomic E-state index is -4.30. The van der Waals surface area contributed by atoms with Crippen molar-refractivity contribution in [1.82, 2.24) is 13.6 Å². The SMILES string of the molecule is COc1ccc2oc(NN=C3C(=O)N(C(C)C)S(=O)(=O)N(C(C)C)C3=O)nc2c1. The lowest BCUT2D eigenvalue weighted by Crippen LogP contribution is -2.63. The number of benzene rings is 1. The van der Waals surface area contributed by atoms with Crippen molar-refractivity contribution in [3.8, 4) is 5.75 Å². The number of rotatable bonds is 5. The van der Waals surface area contributed by atoms with Gasteiger partial charge in [-0.3, -0.25) is 9.59 Å². The number of hydrogen-bond acceptors (Lipinski definition) is 9. The average molecular weight is 423 g/mol. The molecule has 1 fully saturated rings. The second-order valence-electron chi connectivity index (χ2n) is 6.82. The predicted octanol–water partition coefficient (Wildman–Crippen LogP) is 1.34. The van der Waals surface area contributed by atoms with E-state index >= 15 is 0 Å². The zero-order valence-corrected chi connectivity index (χ0v) is 17.3. The van der Waals surface area contributed by atoms with Crippen LogP contribution < -0.4 is 10.2 Å². The van der Waals surface area contributed by atoms with Gasteiger partial charge in [0, 0.05) is 18.2 Å². The van der Waals surface area contributed by atoms with Gasteiger partial charge in [0.15, 0.2) is 5.58 Å². The third-order valence-corrected chi connectivity index (χ3v) is 6.27. The van der Waals surface area contributed by atoms with Gasteiger partial charge in [-0.1, -0.05) is 0 Å². The van der Waals surface area contributed by atoms with E-state index in [2.05, 4.69) is 15.5 Å². The highest BCUT2D eigenvalue weighted by atomic mass is 32.2. The number of ether oxygens (including phenoxy) is 1. The van der Waals surface area contributed by atoms with Crippen molar-refractivity contribution >= 4 is 44.8 Å². The summed E-state index contributed by atoms with van der Waals surface area (Å²) in [6, 6.07) is 3.49. The molecule has 0 saturated carbocycles. The molecule has 12 heteroatoms. The highest BCUT2D eigenvalue weighted by Gasteiger charge is 2.50. The highest BCUT2D eigenvalue weighted by Crippen LogP contribution is 2.25. The van der Waals surface area contributed by atoms with Crippen molar-refractivity contribution in [2.24, 2.45) is 5.10 Å². The Bertz CT molecular complexity index is 1070. The summed E-state index contributed by atoms with van der Waals surface area (Å²) in [5.41, 5.74) is 2.76. The summed E-state index contributed by atoms with van der Waals surface area (Å²) in [6.07, 6.45) is 0. The lowest BCUT2D eigenvalue weighted by Gasteiger charge is -2.38. The summed E-state index contributed by atoms with van der Waals surface area (Å²) in [5.74, 6) is -1.47. The van der Waals surface area contributed by atoms with Gasteiger partial charge in [-0.2, -0.15) is 18.5 Å². The molecule has 0 bridgehead atoms. The summed E-state index contributed by atoms with van der Waals surface area (Å²) in [6.45, 7) is 6.12. The van der Waals surface area contributed by atoms with E-state index in [1.807, 2.05) is 0 Å². The van der Waals surface area contributed by atoms with E-state index in [9.17, 15) is 18.0 Å². The van der Waals surface area contributed by atoms with Gasteiger partial charge in [0.05, 0.1) is 7.11 Å². The van der Waals surface area contributed by atoms with E-state index in [1.165, 1.54) is 34.8 Å². The number of methoxy groups -OCH3 is 1. The van der Waals surface area contributed by atoms with Crippen molar-refractivity contribution in [1.29, 1.82) is 0 Å². The van der Waals surface area contributed by atoms with Gasteiger partial charge >= 0.3 is 16.2 Å². The van der Waals surface area contributed by atoms with Crippen molar-refractivity contribution < 1.29 is 27.2 Å². The molecule has 3 rings (SSSR count). The molecule has 0 unspecified atom stereocenters. The maximum absolute atomic E-state index is 12.7. The summed E-state index contributed by atoms with van der Waals surface area (Å²) < 4.78 is 37.3. The number of carbonyl (C=O) groups excluding carboxylic acids is 2. The Morgan fingerprint density at radius 2 is 1.69 bits per heavy atom. The largest absolute Gasteiger partial charge is 0.497 e. The molecular formula is C17H21N5O6S. The van der Waals surface area contributed by atoms with Crippen LogP contribution in [0.4, 0.5) is 6.01 Å². The number of nitrogens with one attached hydrogen (secondary N) is 1. The van der Waals surface area contributed by atoms with Gasteiger partial charge in [0.2, 0.25) is 5.71 Å². The Morgan fingerprint density at radius 1 is 1.10 bits per heavy atom. The lowest BCUT2D eigenvalue weighted by atomic mass is 10.2.